The molecule has 0 spiro atoms. The molecule has 182 valence electrons. The molecule has 2 amide bonds. The van der Waals surface area contributed by atoms with E-state index in [1.807, 2.05) is 60.7 Å². The van der Waals surface area contributed by atoms with Crippen LogP contribution < -0.4 is 10.2 Å². The summed E-state index contributed by atoms with van der Waals surface area (Å²) in [6, 6.07) is 25.1. The zero-order valence-corrected chi connectivity index (χ0v) is 20.3. The molecule has 36 heavy (non-hydrogen) atoms. The normalized spacial score (nSPS) is 10.9. The number of likely N-dealkylation sites (N-methyl/N-ethyl adjacent to an activating group) is 1. The van der Waals surface area contributed by atoms with Crippen LogP contribution in [0.1, 0.15) is 21.5 Å². The number of amides is 2. The molecule has 2 N–H and O–H groups in total. The lowest BCUT2D eigenvalue weighted by Crippen LogP contribution is -2.30. The number of ether oxygens (including phenoxy) is 1. The Morgan fingerprint density at radius 2 is 1.72 bits per heavy atom. The van der Waals surface area contributed by atoms with Gasteiger partial charge < -0.3 is 14.7 Å². The molecule has 0 heterocycles. The molecule has 0 aliphatic rings. The lowest BCUT2D eigenvalue weighted by atomic mass is 10.0. The summed E-state index contributed by atoms with van der Waals surface area (Å²) in [5.74, 6) is -0.122. The van der Waals surface area contributed by atoms with Crippen LogP contribution in [0.3, 0.4) is 0 Å². The molecule has 0 fully saturated rings. The van der Waals surface area contributed by atoms with Gasteiger partial charge >= 0.3 is 0 Å². The Hall–Kier alpha value is -4.36. The first-order valence-corrected chi connectivity index (χ1v) is 11.5. The van der Waals surface area contributed by atoms with Gasteiger partial charge in [-0.15, -0.1) is 0 Å². The van der Waals surface area contributed by atoms with Crippen molar-refractivity contribution < 1.29 is 19.4 Å². The fraction of sp³-hybridized carbons (Fsp3) is 0.107. The van der Waals surface area contributed by atoms with Crippen LogP contribution in [0.25, 0.3) is 10.8 Å². The molecule has 7 nitrogen and oxygen atoms in total. The van der Waals surface area contributed by atoms with E-state index in [0.717, 1.165) is 21.9 Å². The maximum Gasteiger partial charge on any atom is 0.271 e. The molecule has 4 rings (SSSR count). The molecule has 0 saturated heterocycles. The molecule has 0 aliphatic carbocycles. The van der Waals surface area contributed by atoms with Crippen molar-refractivity contribution >= 4 is 40.4 Å². The SMILES string of the molecule is CN(Cc1ccccc1)C(=O)COc1ccc(C=NNC(=O)c2ccc(O)c(Cl)c2)c2ccccc12. The number of rotatable bonds is 8. The monoisotopic (exact) mass is 501 g/mol. The van der Waals surface area contributed by atoms with Crippen LogP contribution in [0.5, 0.6) is 11.5 Å². The first kappa shape index (κ1) is 24.8. The fourth-order valence-electron chi connectivity index (χ4n) is 3.60. The van der Waals surface area contributed by atoms with Gasteiger partial charge in [0, 0.05) is 30.1 Å². The van der Waals surface area contributed by atoms with Crippen molar-refractivity contribution in [1.82, 2.24) is 10.3 Å². The maximum absolute atomic E-state index is 12.6. The molecule has 8 heteroatoms. The summed E-state index contributed by atoms with van der Waals surface area (Å²) in [7, 11) is 1.75. The molecule has 4 aromatic carbocycles. The number of hydrogen-bond donors (Lipinski definition) is 2. The van der Waals surface area contributed by atoms with Crippen LogP contribution in [0.4, 0.5) is 0 Å². The number of phenolic OH excluding ortho intramolecular Hbond substituents is 1. The largest absolute Gasteiger partial charge is 0.506 e. The first-order chi connectivity index (χ1) is 17.4. The Labute approximate surface area is 213 Å². The number of carbonyl (C=O) groups excluding carboxylic acids is 2. The van der Waals surface area contributed by atoms with Gasteiger partial charge in [-0.2, -0.15) is 5.10 Å². The Morgan fingerprint density at radius 3 is 2.47 bits per heavy atom. The van der Waals surface area contributed by atoms with Crippen LogP contribution in [0, 0.1) is 0 Å². The number of benzene rings is 4. The van der Waals surface area contributed by atoms with E-state index in [1.165, 1.54) is 24.4 Å². The van der Waals surface area contributed by atoms with Crippen LogP contribution in [-0.2, 0) is 11.3 Å². The van der Waals surface area contributed by atoms with Crippen molar-refractivity contribution in [2.75, 3.05) is 13.7 Å². The third-order valence-electron chi connectivity index (χ3n) is 5.54. The summed E-state index contributed by atoms with van der Waals surface area (Å²) >= 11 is 5.86. The highest BCUT2D eigenvalue weighted by Gasteiger charge is 2.13. The smallest absolute Gasteiger partial charge is 0.271 e. The highest BCUT2D eigenvalue weighted by molar-refractivity contribution is 6.32. The summed E-state index contributed by atoms with van der Waals surface area (Å²) in [5, 5.41) is 15.3. The van der Waals surface area contributed by atoms with Gasteiger partial charge in [-0.05, 0) is 41.3 Å². The number of hydrogen-bond acceptors (Lipinski definition) is 5. The minimum Gasteiger partial charge on any atom is -0.506 e. The number of halogens is 1. The zero-order chi connectivity index (χ0) is 25.5. The summed E-state index contributed by atoms with van der Waals surface area (Å²) in [4.78, 5) is 26.5. The van der Waals surface area contributed by atoms with E-state index in [0.29, 0.717) is 12.3 Å². The Morgan fingerprint density at radius 1 is 1.00 bits per heavy atom. The van der Waals surface area contributed by atoms with Crippen molar-refractivity contribution in [2.24, 2.45) is 5.10 Å². The lowest BCUT2D eigenvalue weighted by Gasteiger charge is -2.18. The Bertz CT molecular complexity index is 1420. The van der Waals surface area contributed by atoms with Gasteiger partial charge in [0.2, 0.25) is 0 Å². The van der Waals surface area contributed by atoms with Crippen LogP contribution in [-0.4, -0.2) is 41.7 Å². The third kappa shape index (κ3) is 6.00. The molecule has 0 aliphatic heterocycles. The number of carbonyl (C=O) groups is 2. The second-order valence-electron chi connectivity index (χ2n) is 8.09. The lowest BCUT2D eigenvalue weighted by molar-refractivity contribution is -0.132. The van der Waals surface area contributed by atoms with E-state index in [-0.39, 0.29) is 28.8 Å². The van der Waals surface area contributed by atoms with Gasteiger partial charge in [0.05, 0.1) is 11.2 Å². The second kappa shape index (κ2) is 11.4. The van der Waals surface area contributed by atoms with Crippen LogP contribution in [0.15, 0.2) is 90.0 Å². The number of nitrogens with zero attached hydrogens (tertiary/aromatic N) is 2. The van der Waals surface area contributed by atoms with Gasteiger partial charge in [0.1, 0.15) is 11.5 Å². The summed E-state index contributed by atoms with van der Waals surface area (Å²) in [6.45, 7) is 0.410. The predicted octanol–water partition coefficient (Wildman–Crippen LogP) is 5.00. The van der Waals surface area contributed by atoms with E-state index in [1.54, 1.807) is 18.0 Å². The highest BCUT2D eigenvalue weighted by atomic mass is 35.5. The third-order valence-corrected chi connectivity index (χ3v) is 5.84. The second-order valence-corrected chi connectivity index (χ2v) is 8.50. The van der Waals surface area contributed by atoms with E-state index < -0.39 is 5.91 Å². The molecule has 0 unspecified atom stereocenters. The van der Waals surface area contributed by atoms with Crippen molar-refractivity contribution in [1.29, 1.82) is 0 Å². The van der Waals surface area contributed by atoms with E-state index in [9.17, 15) is 14.7 Å². The minimum atomic E-state index is -0.462. The standard InChI is InChI=1S/C28H24ClN3O4/c1-32(17-19-7-3-2-4-8-19)27(34)18-36-26-14-12-21(22-9-5-6-10-23(22)26)16-30-31-28(35)20-11-13-25(33)24(29)15-20/h2-16,33H,17-18H2,1H3,(H,31,35). The summed E-state index contributed by atoms with van der Waals surface area (Å²) in [5.41, 5.74) is 4.53. The highest BCUT2D eigenvalue weighted by Crippen LogP contribution is 2.28. The molecule has 0 radical (unpaired) electrons. The van der Waals surface area contributed by atoms with Crippen LogP contribution in [0.2, 0.25) is 5.02 Å². The quantitative estimate of drug-likeness (QED) is 0.262. The molecule has 0 aromatic heterocycles. The van der Waals surface area contributed by atoms with Gasteiger partial charge in [-0.25, -0.2) is 5.43 Å². The number of nitrogens with one attached hydrogen (secondary N) is 1. The number of fused-ring (bicyclic) bond motifs is 1. The van der Waals surface area contributed by atoms with E-state index in [4.69, 9.17) is 16.3 Å². The van der Waals surface area contributed by atoms with Crippen molar-refractivity contribution in [3.8, 4) is 11.5 Å². The van der Waals surface area contributed by atoms with Gasteiger partial charge in [-0.1, -0.05) is 66.2 Å². The molecular weight excluding hydrogens is 478 g/mol. The molecular formula is C28H24ClN3O4. The Kier molecular flexibility index (Phi) is 7.82. The topological polar surface area (TPSA) is 91.2 Å². The van der Waals surface area contributed by atoms with Crippen molar-refractivity contribution in [2.45, 2.75) is 6.54 Å². The van der Waals surface area contributed by atoms with Crippen LogP contribution >= 0.6 is 11.6 Å². The first-order valence-electron chi connectivity index (χ1n) is 11.2. The molecule has 4 aromatic rings. The number of hydrazone groups is 1. The van der Waals surface area contributed by atoms with E-state index >= 15 is 0 Å². The number of phenols is 1. The van der Waals surface area contributed by atoms with Gasteiger partial charge in [-0.3, -0.25) is 9.59 Å². The summed E-state index contributed by atoms with van der Waals surface area (Å²) in [6.07, 6.45) is 1.53. The molecule has 0 atom stereocenters. The number of aromatic hydroxyl groups is 1. The fourth-order valence-corrected chi connectivity index (χ4v) is 3.78. The molecule has 0 saturated carbocycles. The predicted molar refractivity (Wildman–Crippen MR) is 141 cm³/mol. The van der Waals surface area contributed by atoms with Gasteiger partial charge in [0.15, 0.2) is 6.61 Å². The van der Waals surface area contributed by atoms with Gasteiger partial charge in [0.25, 0.3) is 11.8 Å². The van der Waals surface area contributed by atoms with E-state index in [2.05, 4.69) is 10.5 Å². The average Bonchev–Trinajstić information content (AvgIpc) is 2.89. The van der Waals surface area contributed by atoms with Crippen molar-refractivity contribution in [3.63, 3.8) is 0 Å². The summed E-state index contributed by atoms with van der Waals surface area (Å²) < 4.78 is 5.88. The minimum absolute atomic E-state index is 0.0814. The molecule has 0 bridgehead atoms. The van der Waals surface area contributed by atoms with Crippen molar-refractivity contribution in [3.05, 3.63) is 107 Å². The zero-order valence-electron chi connectivity index (χ0n) is 19.5. The average molecular weight is 502 g/mol. The maximum atomic E-state index is 12.6. The Balaban J connectivity index is 1.43.